The molecule has 1 aromatic heterocycles. The largest absolute Gasteiger partial charge is 0.480 e. The molecule has 0 radical (unpaired) electrons. The highest BCUT2D eigenvalue weighted by Gasteiger charge is 2.22. The maximum Gasteiger partial charge on any atom is 0.326 e. The minimum Gasteiger partial charge on any atom is -0.480 e. The van der Waals surface area contributed by atoms with Crippen LogP contribution in [0.5, 0.6) is 0 Å². The Morgan fingerprint density at radius 1 is 1.48 bits per heavy atom. The van der Waals surface area contributed by atoms with Gasteiger partial charge in [0.15, 0.2) is 0 Å². The lowest BCUT2D eigenvalue weighted by Gasteiger charge is -2.20. The van der Waals surface area contributed by atoms with Gasteiger partial charge in [-0.2, -0.15) is 0 Å². The fourth-order valence-electron chi connectivity index (χ4n) is 1.55. The number of nitrogens with two attached hydrogens (primary N) is 1. The van der Waals surface area contributed by atoms with Crippen LogP contribution in [0.25, 0.3) is 0 Å². The minimum atomic E-state index is -1.21. The number of primary amides is 1. The number of carboxylic acid groups (broad SMARTS) is 1. The Hall–Kier alpha value is -1.80. The molecule has 9 heteroatoms. The van der Waals surface area contributed by atoms with Gasteiger partial charge in [-0.25, -0.2) is 9.59 Å². The zero-order valence-electron chi connectivity index (χ0n) is 11.3. The van der Waals surface area contributed by atoms with Crippen molar-refractivity contribution in [3.05, 3.63) is 21.3 Å². The second-order valence-electron chi connectivity index (χ2n) is 4.41. The summed E-state index contributed by atoms with van der Waals surface area (Å²) in [5.41, 5.74) is 4.97. The number of halogens is 1. The van der Waals surface area contributed by atoms with E-state index in [-0.39, 0.29) is 12.8 Å². The van der Waals surface area contributed by atoms with Crippen molar-refractivity contribution in [3.8, 4) is 0 Å². The zero-order valence-corrected chi connectivity index (χ0v) is 12.9. The highest BCUT2D eigenvalue weighted by Crippen LogP contribution is 2.22. The Labute approximate surface area is 130 Å². The minimum absolute atomic E-state index is 0.0466. The molecule has 1 rings (SSSR count). The number of urea groups is 1. The number of thiophene rings is 1. The number of nitrogens with zero attached hydrogens (tertiary/aromatic N) is 1. The van der Waals surface area contributed by atoms with E-state index in [4.69, 9.17) is 22.4 Å². The lowest BCUT2D eigenvalue weighted by atomic mass is 10.1. The molecule has 0 bridgehead atoms. The van der Waals surface area contributed by atoms with E-state index in [1.54, 1.807) is 12.1 Å². The summed E-state index contributed by atoms with van der Waals surface area (Å²) in [7, 11) is 1.54. The van der Waals surface area contributed by atoms with Gasteiger partial charge in [-0.1, -0.05) is 11.6 Å². The number of aliphatic carboxylic acids is 1. The molecule has 7 nitrogen and oxygen atoms in total. The Morgan fingerprint density at radius 3 is 2.62 bits per heavy atom. The quantitative estimate of drug-likeness (QED) is 0.697. The van der Waals surface area contributed by atoms with Crippen molar-refractivity contribution in [2.45, 2.75) is 25.4 Å². The number of rotatable bonds is 7. The average molecular weight is 334 g/mol. The van der Waals surface area contributed by atoms with Crippen LogP contribution in [0.15, 0.2) is 12.1 Å². The molecular weight excluding hydrogens is 318 g/mol. The first-order valence-electron chi connectivity index (χ1n) is 6.06. The molecule has 0 spiro atoms. The van der Waals surface area contributed by atoms with Gasteiger partial charge in [-0.05, 0) is 18.6 Å². The Bertz CT molecular complexity index is 534. The highest BCUT2D eigenvalue weighted by molar-refractivity contribution is 7.16. The highest BCUT2D eigenvalue weighted by atomic mass is 35.5. The fraction of sp³-hybridized carbons (Fsp3) is 0.417. The van der Waals surface area contributed by atoms with Gasteiger partial charge >= 0.3 is 12.0 Å². The van der Waals surface area contributed by atoms with Gasteiger partial charge in [0.1, 0.15) is 6.04 Å². The summed E-state index contributed by atoms with van der Waals surface area (Å²) in [5.74, 6) is -1.82. The molecule has 0 unspecified atom stereocenters. The Balaban J connectivity index is 2.55. The first-order chi connectivity index (χ1) is 9.79. The van der Waals surface area contributed by atoms with Crippen molar-refractivity contribution in [3.63, 3.8) is 0 Å². The van der Waals surface area contributed by atoms with Crippen LogP contribution in [0.3, 0.4) is 0 Å². The van der Waals surface area contributed by atoms with E-state index >= 15 is 0 Å². The van der Waals surface area contributed by atoms with E-state index in [1.807, 2.05) is 0 Å². The molecule has 0 aliphatic rings. The van der Waals surface area contributed by atoms with Gasteiger partial charge in [0.2, 0.25) is 5.91 Å². The van der Waals surface area contributed by atoms with Crippen LogP contribution in [0.4, 0.5) is 4.79 Å². The van der Waals surface area contributed by atoms with E-state index in [0.717, 1.165) is 4.88 Å². The molecule has 4 N–H and O–H groups in total. The molecule has 1 aromatic rings. The van der Waals surface area contributed by atoms with E-state index < -0.39 is 23.9 Å². The van der Waals surface area contributed by atoms with Crippen molar-refractivity contribution in [2.75, 3.05) is 7.05 Å². The number of amides is 3. The van der Waals surface area contributed by atoms with E-state index in [9.17, 15) is 14.4 Å². The summed E-state index contributed by atoms with van der Waals surface area (Å²) in [4.78, 5) is 35.8. The molecule has 0 aromatic carbocycles. The zero-order chi connectivity index (χ0) is 16.0. The first kappa shape index (κ1) is 17.3. The van der Waals surface area contributed by atoms with Gasteiger partial charge in [-0.15, -0.1) is 11.3 Å². The number of carbonyl (C=O) groups is 3. The molecule has 0 fully saturated rings. The molecule has 1 atom stereocenters. The summed E-state index contributed by atoms with van der Waals surface area (Å²) in [6, 6.07) is 1.81. The molecular formula is C12H16ClN3O4S. The molecule has 116 valence electrons. The number of hydrogen-bond acceptors (Lipinski definition) is 4. The van der Waals surface area contributed by atoms with Crippen LogP contribution < -0.4 is 11.1 Å². The van der Waals surface area contributed by atoms with Gasteiger partial charge in [0.05, 0.1) is 10.9 Å². The summed E-state index contributed by atoms with van der Waals surface area (Å²) in [6.45, 7) is 0.311. The molecule has 3 amide bonds. The summed E-state index contributed by atoms with van der Waals surface area (Å²) in [5, 5.41) is 11.4. The van der Waals surface area contributed by atoms with Crippen LogP contribution in [-0.2, 0) is 16.1 Å². The van der Waals surface area contributed by atoms with Crippen molar-refractivity contribution in [1.29, 1.82) is 0 Å². The van der Waals surface area contributed by atoms with Gasteiger partial charge in [0.25, 0.3) is 0 Å². The SMILES string of the molecule is CN(Cc1ccc(Cl)s1)C(=O)N[C@@H](CCC(N)=O)C(=O)O. The van der Waals surface area contributed by atoms with Crippen LogP contribution >= 0.6 is 22.9 Å². The number of hydrogen-bond donors (Lipinski definition) is 3. The summed E-state index contributed by atoms with van der Waals surface area (Å²) in [6.07, 6.45) is -0.156. The second kappa shape index (κ2) is 7.84. The lowest BCUT2D eigenvalue weighted by Crippen LogP contribution is -2.46. The third-order valence-corrected chi connectivity index (χ3v) is 3.86. The van der Waals surface area contributed by atoms with Crippen molar-refractivity contribution >= 4 is 40.8 Å². The molecule has 1 heterocycles. The van der Waals surface area contributed by atoms with Crippen molar-refractivity contribution in [2.24, 2.45) is 5.73 Å². The Kier molecular flexibility index (Phi) is 6.44. The van der Waals surface area contributed by atoms with Crippen molar-refractivity contribution in [1.82, 2.24) is 10.2 Å². The molecule has 0 saturated heterocycles. The standard InChI is InChI=1S/C12H16ClN3O4S/c1-16(6-7-2-4-9(13)21-7)12(20)15-8(11(18)19)3-5-10(14)17/h2,4,8H,3,5-6H2,1H3,(H2,14,17)(H,15,20)(H,18,19)/t8-/m0/s1. The Morgan fingerprint density at radius 2 is 2.14 bits per heavy atom. The topological polar surface area (TPSA) is 113 Å². The maximum atomic E-state index is 11.9. The molecule has 0 saturated carbocycles. The number of carboxylic acids is 1. The second-order valence-corrected chi connectivity index (χ2v) is 6.21. The molecule has 0 aliphatic carbocycles. The van der Waals surface area contributed by atoms with Crippen molar-refractivity contribution < 1.29 is 19.5 Å². The third-order valence-electron chi connectivity index (χ3n) is 2.64. The van der Waals surface area contributed by atoms with Crippen LogP contribution in [0, 0.1) is 0 Å². The van der Waals surface area contributed by atoms with Gasteiger partial charge < -0.3 is 21.1 Å². The van der Waals surface area contributed by atoms with Crippen LogP contribution in [-0.4, -0.2) is 41.0 Å². The number of carbonyl (C=O) groups excluding carboxylic acids is 2. The van der Waals surface area contributed by atoms with Gasteiger partial charge in [-0.3, -0.25) is 4.79 Å². The van der Waals surface area contributed by atoms with E-state index in [2.05, 4.69) is 5.32 Å². The van der Waals surface area contributed by atoms with E-state index in [0.29, 0.717) is 10.9 Å². The predicted octanol–water partition coefficient (Wildman–Crippen LogP) is 1.26. The monoisotopic (exact) mass is 333 g/mol. The maximum absolute atomic E-state index is 11.9. The summed E-state index contributed by atoms with van der Waals surface area (Å²) < 4.78 is 0.615. The molecule has 0 aliphatic heterocycles. The van der Waals surface area contributed by atoms with Gasteiger partial charge in [0, 0.05) is 18.3 Å². The average Bonchev–Trinajstić information content (AvgIpc) is 2.78. The third kappa shape index (κ3) is 6.01. The predicted molar refractivity (Wildman–Crippen MR) is 79.2 cm³/mol. The number of nitrogens with one attached hydrogen (secondary N) is 1. The molecule has 21 heavy (non-hydrogen) atoms. The van der Waals surface area contributed by atoms with Crippen LogP contribution in [0.2, 0.25) is 4.34 Å². The van der Waals surface area contributed by atoms with Crippen LogP contribution in [0.1, 0.15) is 17.7 Å². The summed E-state index contributed by atoms with van der Waals surface area (Å²) >= 11 is 7.14. The normalized spacial score (nSPS) is 11.7. The lowest BCUT2D eigenvalue weighted by molar-refractivity contribution is -0.139. The fourth-order valence-corrected chi connectivity index (χ4v) is 2.69. The first-order valence-corrected chi connectivity index (χ1v) is 7.26. The van der Waals surface area contributed by atoms with E-state index in [1.165, 1.54) is 23.3 Å². The smallest absolute Gasteiger partial charge is 0.326 e.